The van der Waals surface area contributed by atoms with Gasteiger partial charge in [-0.1, -0.05) is 41.9 Å². The van der Waals surface area contributed by atoms with Crippen LogP contribution in [-0.4, -0.2) is 34.2 Å². The summed E-state index contributed by atoms with van der Waals surface area (Å²) in [5.41, 5.74) is 2.28. The molecule has 0 radical (unpaired) electrons. The Kier molecular flexibility index (Phi) is 4.25. The molecule has 3 heterocycles. The number of benzene rings is 2. The van der Waals surface area contributed by atoms with Crippen LogP contribution in [0.4, 0.5) is 0 Å². The summed E-state index contributed by atoms with van der Waals surface area (Å²) in [6, 6.07) is 19.3. The summed E-state index contributed by atoms with van der Waals surface area (Å²) in [6.45, 7) is 0. The van der Waals surface area contributed by atoms with Crippen molar-refractivity contribution in [3.05, 3.63) is 71.1 Å². The first-order chi connectivity index (χ1) is 13.2. The van der Waals surface area contributed by atoms with E-state index in [-0.39, 0.29) is 5.92 Å². The predicted octanol–water partition coefficient (Wildman–Crippen LogP) is 5.12. The Labute approximate surface area is 164 Å². The van der Waals surface area contributed by atoms with Crippen molar-refractivity contribution in [2.75, 3.05) is 7.05 Å². The number of aromatic nitrogens is 2. The number of piperidine rings is 1. The van der Waals surface area contributed by atoms with Gasteiger partial charge in [-0.05, 0) is 62.1 Å². The zero-order chi connectivity index (χ0) is 18.4. The van der Waals surface area contributed by atoms with E-state index in [1.54, 1.807) is 0 Å². The lowest BCUT2D eigenvalue weighted by atomic mass is 9.76. The van der Waals surface area contributed by atoms with Gasteiger partial charge in [0.1, 0.15) is 0 Å². The van der Waals surface area contributed by atoms with E-state index >= 15 is 0 Å². The second-order valence-electron chi connectivity index (χ2n) is 7.69. The van der Waals surface area contributed by atoms with Crippen LogP contribution in [0.15, 0.2) is 59.0 Å². The van der Waals surface area contributed by atoms with Crippen molar-refractivity contribution in [3.8, 4) is 11.5 Å². The number of hydrogen-bond acceptors (Lipinski definition) is 4. The van der Waals surface area contributed by atoms with Crippen LogP contribution in [0.5, 0.6) is 0 Å². The Hall–Kier alpha value is -2.17. The summed E-state index contributed by atoms with van der Waals surface area (Å²) >= 11 is 6.12. The predicted molar refractivity (Wildman–Crippen MR) is 106 cm³/mol. The lowest BCUT2D eigenvalue weighted by Crippen LogP contribution is -2.44. The highest BCUT2D eigenvalue weighted by Gasteiger charge is 2.48. The maximum Gasteiger partial charge on any atom is 0.247 e. The summed E-state index contributed by atoms with van der Waals surface area (Å²) in [5, 5.41) is 9.62. The van der Waals surface area contributed by atoms with Gasteiger partial charge < -0.3 is 4.42 Å². The Balaban J connectivity index is 1.54. The van der Waals surface area contributed by atoms with Gasteiger partial charge in [0.15, 0.2) is 0 Å². The Morgan fingerprint density at radius 2 is 1.78 bits per heavy atom. The summed E-state index contributed by atoms with van der Waals surface area (Å²) in [7, 11) is 2.24. The highest BCUT2D eigenvalue weighted by atomic mass is 35.5. The zero-order valence-corrected chi connectivity index (χ0v) is 16.0. The molecule has 0 amide bonds. The molecule has 3 aromatic rings. The van der Waals surface area contributed by atoms with Crippen LogP contribution in [0.1, 0.15) is 42.6 Å². The molecule has 138 valence electrons. The van der Waals surface area contributed by atoms with Gasteiger partial charge in [0.2, 0.25) is 11.8 Å². The molecule has 2 fully saturated rings. The molecule has 4 atom stereocenters. The summed E-state index contributed by atoms with van der Waals surface area (Å²) in [4.78, 5) is 2.52. The van der Waals surface area contributed by atoms with E-state index < -0.39 is 0 Å². The smallest absolute Gasteiger partial charge is 0.247 e. The average Bonchev–Trinajstić information content (AvgIpc) is 3.26. The van der Waals surface area contributed by atoms with E-state index in [0.29, 0.717) is 23.9 Å². The lowest BCUT2D eigenvalue weighted by Gasteiger charge is -2.41. The summed E-state index contributed by atoms with van der Waals surface area (Å²) in [6.07, 6.45) is 3.53. The second kappa shape index (κ2) is 6.77. The van der Waals surface area contributed by atoms with Crippen molar-refractivity contribution >= 4 is 11.6 Å². The van der Waals surface area contributed by atoms with Gasteiger partial charge in [-0.15, -0.1) is 10.2 Å². The Morgan fingerprint density at radius 3 is 2.56 bits per heavy atom. The molecule has 2 aliphatic rings. The van der Waals surface area contributed by atoms with Gasteiger partial charge in [-0.3, -0.25) is 4.90 Å². The van der Waals surface area contributed by atoms with Crippen molar-refractivity contribution < 1.29 is 4.42 Å². The highest BCUT2D eigenvalue weighted by molar-refractivity contribution is 6.30. The fourth-order valence-corrected chi connectivity index (χ4v) is 5.05. The first-order valence-corrected chi connectivity index (χ1v) is 9.95. The van der Waals surface area contributed by atoms with Crippen LogP contribution < -0.4 is 0 Å². The van der Waals surface area contributed by atoms with Gasteiger partial charge in [0.25, 0.3) is 0 Å². The molecule has 0 N–H and O–H groups in total. The molecule has 5 rings (SSSR count). The van der Waals surface area contributed by atoms with Crippen molar-refractivity contribution in [2.45, 2.75) is 43.2 Å². The molecule has 2 bridgehead atoms. The van der Waals surface area contributed by atoms with Gasteiger partial charge >= 0.3 is 0 Å². The van der Waals surface area contributed by atoms with Crippen molar-refractivity contribution in [1.82, 2.24) is 15.1 Å². The van der Waals surface area contributed by atoms with Crippen molar-refractivity contribution in [3.63, 3.8) is 0 Å². The van der Waals surface area contributed by atoms with Crippen LogP contribution in [0.3, 0.4) is 0 Å². The van der Waals surface area contributed by atoms with Crippen LogP contribution in [0, 0.1) is 0 Å². The number of hydrogen-bond donors (Lipinski definition) is 0. The number of rotatable bonds is 3. The molecule has 5 heteroatoms. The van der Waals surface area contributed by atoms with E-state index in [2.05, 4.69) is 34.3 Å². The Bertz CT molecular complexity index is 924. The normalized spacial score (nSPS) is 27.8. The molecule has 1 aromatic heterocycles. The Morgan fingerprint density at radius 1 is 1.00 bits per heavy atom. The van der Waals surface area contributed by atoms with E-state index in [1.807, 2.05) is 42.5 Å². The molecule has 0 saturated carbocycles. The monoisotopic (exact) mass is 379 g/mol. The van der Waals surface area contributed by atoms with Crippen molar-refractivity contribution in [1.29, 1.82) is 0 Å². The number of likely N-dealkylation sites (N-methyl/N-ethyl adjacent to an activating group) is 1. The molecule has 2 aliphatic heterocycles. The first-order valence-electron chi connectivity index (χ1n) is 9.57. The minimum atomic E-state index is 0.208. The molecule has 2 unspecified atom stereocenters. The largest absolute Gasteiger partial charge is 0.420 e. The highest BCUT2D eigenvalue weighted by Crippen LogP contribution is 2.50. The van der Waals surface area contributed by atoms with Crippen LogP contribution >= 0.6 is 11.6 Å². The third-order valence-electron chi connectivity index (χ3n) is 6.31. The fraction of sp³-hybridized carbons (Fsp3) is 0.364. The lowest BCUT2D eigenvalue weighted by molar-refractivity contribution is 0.124. The van der Waals surface area contributed by atoms with Gasteiger partial charge in [-0.2, -0.15) is 0 Å². The van der Waals surface area contributed by atoms with Gasteiger partial charge in [-0.25, -0.2) is 0 Å². The van der Waals surface area contributed by atoms with E-state index in [1.165, 1.54) is 18.4 Å². The molecule has 4 nitrogen and oxygen atoms in total. The molecule has 0 spiro atoms. The topological polar surface area (TPSA) is 42.2 Å². The van der Waals surface area contributed by atoms with E-state index in [0.717, 1.165) is 22.9 Å². The maximum absolute atomic E-state index is 6.21. The molecular formula is C22H22ClN3O. The third-order valence-corrected chi connectivity index (χ3v) is 6.57. The van der Waals surface area contributed by atoms with E-state index in [9.17, 15) is 0 Å². The van der Waals surface area contributed by atoms with Crippen LogP contribution in [0.2, 0.25) is 5.02 Å². The number of nitrogens with zero attached hydrogens (tertiary/aromatic N) is 3. The number of halogens is 1. The molecule has 27 heavy (non-hydrogen) atoms. The van der Waals surface area contributed by atoms with Crippen molar-refractivity contribution in [2.24, 2.45) is 0 Å². The van der Waals surface area contributed by atoms with Crippen LogP contribution in [0.25, 0.3) is 11.5 Å². The second-order valence-corrected chi connectivity index (χ2v) is 8.13. The van der Waals surface area contributed by atoms with Crippen LogP contribution in [-0.2, 0) is 0 Å². The summed E-state index contributed by atoms with van der Waals surface area (Å²) < 4.78 is 6.21. The molecular weight excluding hydrogens is 358 g/mol. The molecule has 2 saturated heterocycles. The summed E-state index contributed by atoms with van der Waals surface area (Å²) in [5.74, 6) is 1.94. The fourth-order valence-electron chi connectivity index (χ4n) is 4.92. The number of fused-ring (bicyclic) bond motifs is 2. The standard InChI is InChI=1S/C22H22ClN3O/c1-26-17-11-12-19(26)20(18(13-17)14-7-9-16(23)10-8-14)22-25-24-21(27-22)15-5-3-2-4-6-15/h2-10,17-20H,11-13H2,1H3/t17-,18?,19?,20+/m1/s1. The van der Waals surface area contributed by atoms with E-state index in [4.69, 9.17) is 16.0 Å². The van der Waals surface area contributed by atoms with Gasteiger partial charge in [0, 0.05) is 22.7 Å². The zero-order valence-electron chi connectivity index (χ0n) is 15.3. The molecule has 2 aromatic carbocycles. The maximum atomic E-state index is 6.21. The minimum absolute atomic E-state index is 0.208. The molecule has 0 aliphatic carbocycles. The average molecular weight is 380 g/mol. The minimum Gasteiger partial charge on any atom is -0.420 e. The van der Waals surface area contributed by atoms with Gasteiger partial charge in [0.05, 0.1) is 5.92 Å². The quantitative estimate of drug-likeness (QED) is 0.633. The SMILES string of the molecule is CN1C2CC[C@@H]1CC(c1ccc(Cl)cc1)[C@@H]2c1nnc(-c2ccccc2)o1. The third kappa shape index (κ3) is 2.97. The first kappa shape index (κ1) is 17.0.